The van der Waals surface area contributed by atoms with Gasteiger partial charge in [0.2, 0.25) is 0 Å². The van der Waals surface area contributed by atoms with Crippen molar-refractivity contribution in [3.8, 4) is 11.1 Å². The lowest BCUT2D eigenvalue weighted by Gasteiger charge is -2.50. The van der Waals surface area contributed by atoms with Gasteiger partial charge in [0.1, 0.15) is 0 Å². The summed E-state index contributed by atoms with van der Waals surface area (Å²) in [6.45, 7) is 13.8. The molecular weight excluding hydrogens is 1230 g/mol. The van der Waals surface area contributed by atoms with Crippen molar-refractivity contribution in [2.45, 2.75) is 91.3 Å². The summed E-state index contributed by atoms with van der Waals surface area (Å²) in [7, 11) is 0. The molecule has 5 aliphatic carbocycles. The topological polar surface area (TPSA) is 0 Å². The summed E-state index contributed by atoms with van der Waals surface area (Å²) in [6.07, 6.45) is 41.3. The van der Waals surface area contributed by atoms with E-state index >= 15 is 0 Å². The number of benzene rings is 9. The second-order valence-electron chi connectivity index (χ2n) is 26.7. The van der Waals surface area contributed by atoms with Crippen molar-refractivity contribution < 1.29 is 0 Å². The molecule has 9 aromatic rings. The first-order valence-electron chi connectivity index (χ1n) is 34.8. The Balaban J connectivity index is 0.818. The molecule has 476 valence electrons. The highest BCUT2D eigenvalue weighted by Crippen LogP contribution is 2.69. The third-order valence-corrected chi connectivity index (χ3v) is 24.3. The Morgan fingerprint density at radius 2 is 1.40 bits per heavy atom. The molecule has 0 aromatic heterocycles. The SMILES string of the molecule is C=CCC(SC=CC=Cc1ccccc1)C(C)C=CC(=CC)C(c1ccccc1Cc1ccc(C(S)=CC=CC2SC2CCc2ccccc2)cc1)=c1ccc(-c2ccc3c(c2)C2(C4=C(C=CCC4)c4ccccc42)c2ccccc2C32C3=CC=CCC3c3ccccc32)cc1=C. The van der Waals surface area contributed by atoms with Gasteiger partial charge in [0.25, 0.3) is 0 Å². The Hall–Kier alpha value is -9.09. The van der Waals surface area contributed by atoms with E-state index in [2.05, 4.69) is 347 Å². The number of thiol groups is 1. The second-order valence-corrected chi connectivity index (χ2v) is 29.8. The third-order valence-electron chi connectivity index (χ3n) is 21.2. The molecule has 0 radical (unpaired) electrons. The van der Waals surface area contributed by atoms with E-state index in [1.807, 2.05) is 11.8 Å². The maximum absolute atomic E-state index is 5.04. The molecule has 0 N–H and O–H groups in total. The van der Waals surface area contributed by atoms with Gasteiger partial charge in [-0.3, -0.25) is 0 Å². The minimum atomic E-state index is -0.491. The van der Waals surface area contributed by atoms with Gasteiger partial charge in [0.05, 0.1) is 10.8 Å². The Kier molecular flexibility index (Phi) is 18.6. The first-order valence-corrected chi connectivity index (χ1v) is 37.1. The summed E-state index contributed by atoms with van der Waals surface area (Å²) in [5, 5.41) is 5.90. The molecule has 3 heteroatoms. The van der Waals surface area contributed by atoms with Crippen molar-refractivity contribution in [2.24, 2.45) is 5.92 Å². The Morgan fingerprint density at radius 3 is 2.21 bits per heavy atom. The van der Waals surface area contributed by atoms with Crippen LogP contribution in [0.1, 0.15) is 130 Å². The minimum absolute atomic E-state index is 0.240. The molecule has 0 amide bonds. The maximum atomic E-state index is 5.04. The molecule has 1 aliphatic heterocycles. The molecule has 6 aliphatic rings. The van der Waals surface area contributed by atoms with Crippen LogP contribution in [-0.4, -0.2) is 15.7 Å². The molecule has 0 bridgehead atoms. The standard InChI is InChI=1S/C94H82S3/c1-5-28-89(96-60-26-25-33-66-29-9-7-10-30-66)64(3)48-52-69(6-2)92(75-35-14-13-34-73(75)62-68-49-53-70(54-50-68)88(95)46-27-47-90-91(97-90)59-51-67-31-11-8-12-32-67)74-57-55-71(61-65(74)4)72-56-58-86-87(63-72)94(82-42-21-17-38-78(82)79-39-18-22-43-83(79)94)85-45-24-23-44-84(85)93(86)80-40-19-15-36-76(80)77-37-16-20-41-81(77)93/h5-21,23-27,29-36,38-42,44-50,52-58,60-61,63-64,77,89-91,95H,1,4,22,28,37,43,51,59,62H2,2-3H3. The Labute approximate surface area is 589 Å². The van der Waals surface area contributed by atoms with E-state index in [0.717, 1.165) is 70.6 Å². The third kappa shape index (κ3) is 12.1. The molecule has 15 rings (SSSR count). The summed E-state index contributed by atoms with van der Waals surface area (Å²) in [4.78, 5) is 0.966. The average Bonchev–Trinajstić information content (AvgIpc) is 1.53. The maximum Gasteiger partial charge on any atom is 0.0683 e. The fourth-order valence-electron chi connectivity index (χ4n) is 16.6. The number of hydrogen-bond donors (Lipinski definition) is 1. The monoisotopic (exact) mass is 1310 g/mol. The van der Waals surface area contributed by atoms with Gasteiger partial charge < -0.3 is 0 Å². The summed E-state index contributed by atoms with van der Waals surface area (Å²) in [6, 6.07) is 82.3. The first kappa shape index (κ1) is 63.9. The highest BCUT2D eigenvalue weighted by Gasteiger charge is 2.61. The van der Waals surface area contributed by atoms with Gasteiger partial charge in [-0.1, -0.05) is 305 Å². The molecule has 1 heterocycles. The van der Waals surface area contributed by atoms with Crippen LogP contribution < -0.4 is 10.4 Å². The fourth-order valence-corrected chi connectivity index (χ4v) is 18.8. The van der Waals surface area contributed by atoms with Crippen LogP contribution in [0.15, 0.2) is 332 Å². The molecule has 1 saturated heterocycles. The average molecular weight is 1310 g/mol. The largest absolute Gasteiger partial charge is 0.148 e. The zero-order valence-corrected chi connectivity index (χ0v) is 58.1. The quantitative estimate of drug-likeness (QED) is 0.0350. The normalized spacial score (nSPS) is 21.4. The lowest BCUT2D eigenvalue weighted by Crippen LogP contribution is -2.44. The minimum Gasteiger partial charge on any atom is -0.148 e. The van der Waals surface area contributed by atoms with Crippen LogP contribution in [0.3, 0.4) is 0 Å². The summed E-state index contributed by atoms with van der Waals surface area (Å²) >= 11 is 8.96. The van der Waals surface area contributed by atoms with Gasteiger partial charge in [-0.2, -0.15) is 0 Å². The first-order chi connectivity index (χ1) is 47.8. The van der Waals surface area contributed by atoms with E-state index < -0.39 is 10.8 Å². The van der Waals surface area contributed by atoms with Crippen molar-refractivity contribution >= 4 is 64.9 Å². The van der Waals surface area contributed by atoms with Gasteiger partial charge in [0.15, 0.2) is 0 Å². The predicted molar refractivity (Wildman–Crippen MR) is 423 cm³/mol. The summed E-state index contributed by atoms with van der Waals surface area (Å²) in [5.74, 6) is 0.542. The lowest BCUT2D eigenvalue weighted by molar-refractivity contribution is 0.589. The number of hydrogen-bond acceptors (Lipinski definition) is 3. The Morgan fingerprint density at radius 1 is 0.691 bits per heavy atom. The van der Waals surface area contributed by atoms with Crippen LogP contribution in [0, 0.1) is 5.92 Å². The van der Waals surface area contributed by atoms with E-state index in [1.54, 1.807) is 0 Å². The lowest BCUT2D eigenvalue weighted by atomic mass is 9.51. The van der Waals surface area contributed by atoms with Crippen LogP contribution in [0.25, 0.3) is 39.8 Å². The van der Waals surface area contributed by atoms with Crippen molar-refractivity contribution in [3.63, 3.8) is 0 Å². The van der Waals surface area contributed by atoms with Gasteiger partial charge in [0, 0.05) is 26.6 Å². The van der Waals surface area contributed by atoms with E-state index in [0.29, 0.717) is 21.7 Å². The molecule has 9 aromatic carbocycles. The smallest absolute Gasteiger partial charge is 0.0683 e. The van der Waals surface area contributed by atoms with Gasteiger partial charge in [-0.25, -0.2) is 0 Å². The van der Waals surface area contributed by atoms with Crippen molar-refractivity contribution in [1.82, 2.24) is 0 Å². The highest BCUT2D eigenvalue weighted by atomic mass is 32.2. The number of thioether (sulfide) groups is 2. The van der Waals surface area contributed by atoms with E-state index in [4.69, 9.17) is 19.2 Å². The van der Waals surface area contributed by atoms with Gasteiger partial charge >= 0.3 is 0 Å². The summed E-state index contributed by atoms with van der Waals surface area (Å²) < 4.78 is 0. The van der Waals surface area contributed by atoms with Gasteiger partial charge in [-0.05, 0) is 209 Å². The van der Waals surface area contributed by atoms with Crippen LogP contribution in [0.5, 0.6) is 0 Å². The number of aryl methyl sites for hydroxylation is 1. The molecule has 97 heavy (non-hydrogen) atoms. The summed E-state index contributed by atoms with van der Waals surface area (Å²) in [5.41, 5.74) is 26.8. The number of fused-ring (bicyclic) bond motifs is 15. The molecule has 7 unspecified atom stereocenters. The number of allylic oxidation sites excluding steroid dienone is 17. The van der Waals surface area contributed by atoms with E-state index in [-0.39, 0.29) is 5.92 Å². The van der Waals surface area contributed by atoms with Crippen molar-refractivity contribution in [3.05, 3.63) is 420 Å². The van der Waals surface area contributed by atoms with Gasteiger partial charge in [-0.15, -0.1) is 42.7 Å². The predicted octanol–water partition coefficient (Wildman–Crippen LogP) is 22.6. The molecule has 1 fully saturated rings. The fraction of sp³-hybridized carbons (Fsp3) is 0.170. The van der Waals surface area contributed by atoms with Crippen molar-refractivity contribution in [1.29, 1.82) is 0 Å². The molecule has 2 spiro atoms. The van der Waals surface area contributed by atoms with Crippen LogP contribution >= 0.6 is 36.2 Å². The van der Waals surface area contributed by atoms with Crippen LogP contribution in [0.4, 0.5) is 0 Å². The van der Waals surface area contributed by atoms with Crippen molar-refractivity contribution in [2.75, 3.05) is 0 Å². The second kappa shape index (κ2) is 28.2. The van der Waals surface area contributed by atoms with Crippen LogP contribution in [0.2, 0.25) is 0 Å². The molecule has 0 saturated carbocycles. The molecule has 0 nitrogen and oxygen atoms in total. The molecular formula is C94H82S3. The zero-order chi connectivity index (χ0) is 65.9. The van der Waals surface area contributed by atoms with E-state index in [1.165, 1.54) is 107 Å². The molecule has 7 atom stereocenters. The highest BCUT2D eigenvalue weighted by molar-refractivity contribution is 8.07. The Bertz CT molecular complexity index is 4940. The number of rotatable bonds is 20. The van der Waals surface area contributed by atoms with Crippen LogP contribution in [-0.2, 0) is 23.7 Å². The van der Waals surface area contributed by atoms with E-state index in [9.17, 15) is 0 Å². The zero-order valence-electron chi connectivity index (χ0n) is 55.5.